The fourth-order valence-electron chi connectivity index (χ4n) is 4.42. The van der Waals surface area contributed by atoms with E-state index in [9.17, 15) is 9.59 Å². The van der Waals surface area contributed by atoms with Crippen molar-refractivity contribution in [3.05, 3.63) is 89.0 Å². The first-order valence-electron chi connectivity index (χ1n) is 11.6. The molecule has 1 aliphatic heterocycles. The highest BCUT2D eigenvalue weighted by atomic mass is 16.6. The molecular weight excluding hydrogens is 428 g/mol. The van der Waals surface area contributed by atoms with Gasteiger partial charge in [-0.15, -0.1) is 0 Å². The molecule has 1 fully saturated rings. The fourth-order valence-corrected chi connectivity index (χ4v) is 4.42. The summed E-state index contributed by atoms with van der Waals surface area (Å²) in [6.45, 7) is 0.789. The minimum Gasteiger partial charge on any atom is -0.444 e. The zero-order valence-corrected chi connectivity index (χ0v) is 18.9. The van der Waals surface area contributed by atoms with Crippen LogP contribution in [0.4, 0.5) is 21.9 Å². The highest BCUT2D eigenvalue weighted by Gasteiger charge is 2.34. The van der Waals surface area contributed by atoms with Gasteiger partial charge in [0.1, 0.15) is 6.61 Å². The van der Waals surface area contributed by atoms with Crippen molar-refractivity contribution in [1.29, 1.82) is 0 Å². The van der Waals surface area contributed by atoms with Crippen LogP contribution in [0, 0.1) is 0 Å². The van der Waals surface area contributed by atoms with E-state index in [0.717, 1.165) is 36.1 Å². The number of benzene rings is 3. The Labute approximate surface area is 198 Å². The molecule has 1 aliphatic carbocycles. The smallest absolute Gasteiger partial charge is 0.414 e. The van der Waals surface area contributed by atoms with Crippen molar-refractivity contribution >= 4 is 29.1 Å². The second kappa shape index (κ2) is 9.19. The number of aryl methyl sites for hydroxylation is 1. The first kappa shape index (κ1) is 22.0. The number of nitrogens with two attached hydrogens (primary N) is 2. The van der Waals surface area contributed by atoms with Crippen LogP contribution in [0.2, 0.25) is 0 Å². The quantitative estimate of drug-likeness (QED) is 0.492. The summed E-state index contributed by atoms with van der Waals surface area (Å²) in [5.41, 5.74) is 17.4. The Balaban J connectivity index is 1.23. The standard InChI is InChI=1S/C27H28N4O3/c28-22-5-1-2-6-24(22)30-26(32)20-11-12-25-19(14-20)4-3-13-31(25)27(33)34-16-17-7-9-18(10-8-17)21-15-23(21)29/h1-2,5-12,14,21,23H,3-4,13,15-16,28-29H2,(H,30,32). The number of hydrogen-bond acceptors (Lipinski definition) is 5. The topological polar surface area (TPSA) is 111 Å². The Morgan fingerprint density at radius 2 is 1.82 bits per heavy atom. The monoisotopic (exact) mass is 456 g/mol. The molecule has 0 bridgehead atoms. The Kier molecular flexibility index (Phi) is 5.94. The molecule has 3 aromatic carbocycles. The third kappa shape index (κ3) is 4.61. The van der Waals surface area contributed by atoms with E-state index in [2.05, 4.69) is 17.4 Å². The minimum absolute atomic E-state index is 0.209. The number of amides is 2. The van der Waals surface area contributed by atoms with Gasteiger partial charge in [-0.1, -0.05) is 36.4 Å². The number of carbonyl (C=O) groups excluding carboxylic acids is 2. The van der Waals surface area contributed by atoms with Crippen molar-refractivity contribution < 1.29 is 14.3 Å². The van der Waals surface area contributed by atoms with Crippen molar-refractivity contribution in [3.8, 4) is 0 Å². The van der Waals surface area contributed by atoms with Crippen molar-refractivity contribution in [1.82, 2.24) is 0 Å². The third-order valence-corrected chi connectivity index (χ3v) is 6.50. The summed E-state index contributed by atoms with van der Waals surface area (Å²) in [6.07, 6.45) is 2.24. The maximum atomic E-state index is 12.9. The number of rotatable bonds is 5. The first-order valence-corrected chi connectivity index (χ1v) is 11.6. The van der Waals surface area contributed by atoms with E-state index >= 15 is 0 Å². The minimum atomic E-state index is -0.386. The van der Waals surface area contributed by atoms with Gasteiger partial charge in [0, 0.05) is 24.1 Å². The van der Waals surface area contributed by atoms with E-state index in [4.69, 9.17) is 16.2 Å². The van der Waals surface area contributed by atoms with E-state index in [1.165, 1.54) is 5.56 Å². The summed E-state index contributed by atoms with van der Waals surface area (Å²) < 4.78 is 5.60. The predicted octanol–water partition coefficient (Wildman–Crippen LogP) is 4.43. The van der Waals surface area contributed by atoms with Crippen molar-refractivity contribution in [2.45, 2.75) is 37.8 Å². The lowest BCUT2D eigenvalue weighted by molar-refractivity contribution is 0.102. The van der Waals surface area contributed by atoms with Crippen molar-refractivity contribution in [2.75, 3.05) is 22.5 Å². The largest absolute Gasteiger partial charge is 0.444 e. The van der Waals surface area contributed by atoms with Gasteiger partial charge in [-0.3, -0.25) is 9.69 Å². The summed E-state index contributed by atoms with van der Waals surface area (Å²) in [4.78, 5) is 27.2. The van der Waals surface area contributed by atoms with Crippen molar-refractivity contribution in [2.24, 2.45) is 5.73 Å². The zero-order valence-electron chi connectivity index (χ0n) is 18.9. The van der Waals surface area contributed by atoms with Gasteiger partial charge >= 0.3 is 6.09 Å². The summed E-state index contributed by atoms with van der Waals surface area (Å²) in [7, 11) is 0. The van der Waals surface area contributed by atoms with E-state index in [0.29, 0.717) is 29.4 Å². The third-order valence-electron chi connectivity index (χ3n) is 6.50. The van der Waals surface area contributed by atoms with Crippen molar-refractivity contribution in [3.63, 3.8) is 0 Å². The number of para-hydroxylation sites is 2. The van der Waals surface area contributed by atoms with Crippen LogP contribution in [0.15, 0.2) is 66.7 Å². The number of carbonyl (C=O) groups is 2. The average molecular weight is 457 g/mol. The molecule has 1 heterocycles. The Bertz CT molecular complexity index is 1220. The van der Waals surface area contributed by atoms with Crippen LogP contribution in [0.5, 0.6) is 0 Å². The van der Waals surface area contributed by atoms with Gasteiger partial charge in [0.2, 0.25) is 0 Å². The number of nitrogens with one attached hydrogen (secondary N) is 1. The van der Waals surface area contributed by atoms with E-state index in [1.807, 2.05) is 36.4 Å². The molecule has 2 atom stereocenters. The number of hydrogen-bond donors (Lipinski definition) is 3. The van der Waals surface area contributed by atoms with Crippen LogP contribution in [0.25, 0.3) is 0 Å². The molecule has 2 amide bonds. The molecule has 2 unspecified atom stereocenters. The first-order chi connectivity index (χ1) is 16.5. The van der Waals surface area contributed by atoms with Gasteiger partial charge in [0.25, 0.3) is 5.91 Å². The molecule has 7 nitrogen and oxygen atoms in total. The lowest BCUT2D eigenvalue weighted by Crippen LogP contribution is -2.36. The van der Waals surface area contributed by atoms with E-state index in [-0.39, 0.29) is 24.6 Å². The van der Waals surface area contributed by atoms with Crippen LogP contribution in [0.1, 0.15) is 45.8 Å². The van der Waals surface area contributed by atoms with Gasteiger partial charge < -0.3 is 21.5 Å². The number of fused-ring (bicyclic) bond motifs is 1. The summed E-state index contributed by atoms with van der Waals surface area (Å²) in [5.74, 6) is 0.217. The number of anilines is 3. The highest BCUT2D eigenvalue weighted by molar-refractivity contribution is 6.06. The van der Waals surface area contributed by atoms with Crippen LogP contribution < -0.4 is 21.7 Å². The molecular formula is C27H28N4O3. The molecule has 0 saturated heterocycles. The van der Waals surface area contributed by atoms with Crippen LogP contribution in [0.3, 0.4) is 0 Å². The summed E-state index contributed by atoms with van der Waals surface area (Å²) >= 11 is 0. The second-order valence-electron chi connectivity index (χ2n) is 8.94. The predicted molar refractivity (Wildman–Crippen MR) is 133 cm³/mol. The van der Waals surface area contributed by atoms with Gasteiger partial charge in [-0.25, -0.2) is 4.79 Å². The summed E-state index contributed by atoms with van der Waals surface area (Å²) in [5, 5.41) is 2.85. The van der Waals surface area contributed by atoms with Gasteiger partial charge in [-0.05, 0) is 66.3 Å². The maximum Gasteiger partial charge on any atom is 0.414 e. The molecule has 7 heteroatoms. The Morgan fingerprint density at radius 3 is 2.56 bits per heavy atom. The maximum absolute atomic E-state index is 12.9. The lowest BCUT2D eigenvalue weighted by atomic mass is 9.99. The molecule has 0 radical (unpaired) electrons. The molecule has 0 aromatic heterocycles. The zero-order chi connectivity index (χ0) is 23.7. The molecule has 5 rings (SSSR count). The summed E-state index contributed by atoms with van der Waals surface area (Å²) in [6, 6.07) is 20.9. The molecule has 174 valence electrons. The Morgan fingerprint density at radius 1 is 1.06 bits per heavy atom. The molecule has 1 saturated carbocycles. The van der Waals surface area contributed by atoms with Crippen LogP contribution >= 0.6 is 0 Å². The number of nitrogens with zero attached hydrogens (tertiary/aromatic N) is 1. The van der Waals surface area contributed by atoms with E-state index < -0.39 is 0 Å². The normalized spacial score (nSPS) is 18.7. The highest BCUT2D eigenvalue weighted by Crippen LogP contribution is 2.38. The number of nitrogen functional groups attached to an aromatic ring is 1. The SMILES string of the molecule is Nc1ccccc1NC(=O)c1ccc2c(c1)CCCN2C(=O)OCc1ccc(C2CC2N)cc1. The van der Waals surface area contributed by atoms with Gasteiger partial charge in [0.05, 0.1) is 17.1 Å². The Hall–Kier alpha value is -3.84. The van der Waals surface area contributed by atoms with E-state index in [1.54, 1.807) is 23.1 Å². The molecule has 0 spiro atoms. The molecule has 34 heavy (non-hydrogen) atoms. The number of ether oxygens (including phenoxy) is 1. The van der Waals surface area contributed by atoms with Crippen LogP contribution in [-0.4, -0.2) is 24.6 Å². The molecule has 3 aromatic rings. The molecule has 2 aliphatic rings. The van der Waals surface area contributed by atoms with Gasteiger partial charge in [-0.2, -0.15) is 0 Å². The van der Waals surface area contributed by atoms with Crippen LogP contribution in [-0.2, 0) is 17.8 Å². The second-order valence-corrected chi connectivity index (χ2v) is 8.94. The average Bonchev–Trinajstić information content (AvgIpc) is 3.60. The van der Waals surface area contributed by atoms with Gasteiger partial charge in [0.15, 0.2) is 0 Å². The fraction of sp³-hybridized carbons (Fsp3) is 0.259. The molecule has 5 N–H and O–H groups in total. The lowest BCUT2D eigenvalue weighted by Gasteiger charge is -2.29.